The number of halogens is 2. The van der Waals surface area contributed by atoms with Crippen LogP contribution in [0.1, 0.15) is 38.2 Å². The van der Waals surface area contributed by atoms with Crippen molar-refractivity contribution in [1.82, 2.24) is 4.31 Å². The molecule has 0 amide bonds. The predicted octanol–water partition coefficient (Wildman–Crippen LogP) is 3.41. The van der Waals surface area contributed by atoms with Crippen molar-refractivity contribution in [3.05, 3.63) is 27.7 Å². The van der Waals surface area contributed by atoms with Crippen LogP contribution in [-0.2, 0) is 16.6 Å². The van der Waals surface area contributed by atoms with Crippen LogP contribution >= 0.6 is 23.2 Å². The van der Waals surface area contributed by atoms with E-state index < -0.39 is 10.0 Å². The van der Waals surface area contributed by atoms with Gasteiger partial charge in [0.1, 0.15) is 4.90 Å². The molecule has 0 saturated carbocycles. The van der Waals surface area contributed by atoms with E-state index in [-0.39, 0.29) is 22.5 Å². The fraction of sp³-hybridized carbons (Fsp3) is 0.571. The quantitative estimate of drug-likeness (QED) is 0.908. The van der Waals surface area contributed by atoms with Crippen molar-refractivity contribution < 1.29 is 8.42 Å². The normalized spacial score (nSPS) is 21.2. The first kappa shape index (κ1) is 17.0. The molecule has 1 heterocycles. The summed E-state index contributed by atoms with van der Waals surface area (Å²) in [4.78, 5) is 0.0610. The van der Waals surface area contributed by atoms with Gasteiger partial charge in [0, 0.05) is 24.2 Å². The first-order chi connectivity index (χ1) is 9.87. The molecule has 1 aliphatic rings. The number of sulfonamides is 1. The van der Waals surface area contributed by atoms with Crippen molar-refractivity contribution in [2.24, 2.45) is 5.73 Å². The standard InChI is InChI=1S/C14H20Cl2N2O2S/c1-10-5-3-2-4-6-18(10)21(19,20)13-8-12(15)7-11(9-17)14(13)16/h7-8,10H,2-6,9,17H2,1H3. The van der Waals surface area contributed by atoms with Crippen LogP contribution in [0.5, 0.6) is 0 Å². The minimum atomic E-state index is -3.66. The van der Waals surface area contributed by atoms with Crippen molar-refractivity contribution in [2.45, 2.75) is 50.1 Å². The Balaban J connectivity index is 2.50. The summed E-state index contributed by atoms with van der Waals surface area (Å²) in [7, 11) is -3.66. The molecule has 0 radical (unpaired) electrons. The van der Waals surface area contributed by atoms with E-state index in [1.54, 1.807) is 6.07 Å². The zero-order valence-corrected chi connectivity index (χ0v) is 14.3. The molecule has 7 heteroatoms. The van der Waals surface area contributed by atoms with Crippen LogP contribution in [0.15, 0.2) is 17.0 Å². The number of hydrogen-bond donors (Lipinski definition) is 1. The van der Waals surface area contributed by atoms with Gasteiger partial charge in [-0.2, -0.15) is 4.31 Å². The summed E-state index contributed by atoms with van der Waals surface area (Å²) in [5.74, 6) is 0. The molecule has 1 unspecified atom stereocenters. The fourth-order valence-electron chi connectivity index (χ4n) is 2.69. The van der Waals surface area contributed by atoms with Gasteiger partial charge in [-0.15, -0.1) is 0 Å². The number of hydrogen-bond acceptors (Lipinski definition) is 3. The molecule has 0 aromatic heterocycles. The topological polar surface area (TPSA) is 63.4 Å². The van der Waals surface area contributed by atoms with Gasteiger partial charge in [0.15, 0.2) is 0 Å². The molecule has 1 saturated heterocycles. The third-order valence-corrected chi connectivity index (χ3v) is 6.69. The lowest BCUT2D eigenvalue weighted by Crippen LogP contribution is -2.38. The lowest BCUT2D eigenvalue weighted by molar-refractivity contribution is 0.342. The minimum Gasteiger partial charge on any atom is -0.326 e. The molecule has 0 bridgehead atoms. The second kappa shape index (κ2) is 6.84. The van der Waals surface area contributed by atoms with Crippen LogP contribution in [0.2, 0.25) is 10.0 Å². The number of rotatable bonds is 3. The van der Waals surface area contributed by atoms with Crippen LogP contribution in [0.3, 0.4) is 0 Å². The summed E-state index contributed by atoms with van der Waals surface area (Å²) in [6.07, 6.45) is 3.82. The average molecular weight is 351 g/mol. The van der Waals surface area contributed by atoms with Gasteiger partial charge in [-0.25, -0.2) is 8.42 Å². The maximum atomic E-state index is 12.9. The fourth-order valence-corrected chi connectivity index (χ4v) is 5.31. The molecule has 0 spiro atoms. The van der Waals surface area contributed by atoms with Gasteiger partial charge in [0.25, 0.3) is 0 Å². The summed E-state index contributed by atoms with van der Waals surface area (Å²) < 4.78 is 27.4. The summed E-state index contributed by atoms with van der Waals surface area (Å²) in [6, 6.07) is 2.99. The van der Waals surface area contributed by atoms with E-state index in [0.717, 1.165) is 25.7 Å². The Morgan fingerprint density at radius 2 is 2.00 bits per heavy atom. The van der Waals surface area contributed by atoms with Gasteiger partial charge in [-0.05, 0) is 37.5 Å². The zero-order chi connectivity index (χ0) is 15.6. The van der Waals surface area contributed by atoms with Crippen molar-refractivity contribution in [3.8, 4) is 0 Å². The zero-order valence-electron chi connectivity index (χ0n) is 12.0. The van der Waals surface area contributed by atoms with E-state index in [0.29, 0.717) is 17.1 Å². The molecule has 118 valence electrons. The third-order valence-electron chi connectivity index (χ3n) is 3.88. The van der Waals surface area contributed by atoms with Crippen LogP contribution in [-0.4, -0.2) is 25.3 Å². The maximum absolute atomic E-state index is 12.9. The summed E-state index contributed by atoms with van der Waals surface area (Å²) in [6.45, 7) is 2.60. The Kier molecular flexibility index (Phi) is 5.54. The van der Waals surface area contributed by atoms with Crippen molar-refractivity contribution in [2.75, 3.05) is 6.54 Å². The maximum Gasteiger partial charge on any atom is 0.244 e. The highest BCUT2D eigenvalue weighted by Gasteiger charge is 2.32. The average Bonchev–Trinajstić information content (AvgIpc) is 2.65. The molecule has 4 nitrogen and oxygen atoms in total. The lowest BCUT2D eigenvalue weighted by Gasteiger charge is -2.27. The predicted molar refractivity (Wildman–Crippen MR) is 86.2 cm³/mol. The Bertz CT molecular complexity index is 620. The molecule has 1 aromatic carbocycles. The monoisotopic (exact) mass is 350 g/mol. The molecule has 1 aliphatic heterocycles. The highest BCUT2D eigenvalue weighted by molar-refractivity contribution is 7.89. The van der Waals surface area contributed by atoms with E-state index >= 15 is 0 Å². The molecular formula is C14H20Cl2N2O2S. The van der Waals surface area contributed by atoms with Gasteiger partial charge < -0.3 is 5.73 Å². The van der Waals surface area contributed by atoms with E-state index in [2.05, 4.69) is 0 Å². The van der Waals surface area contributed by atoms with Gasteiger partial charge in [-0.3, -0.25) is 0 Å². The SMILES string of the molecule is CC1CCCCCN1S(=O)(=O)c1cc(Cl)cc(CN)c1Cl. The number of nitrogens with two attached hydrogens (primary N) is 1. The molecule has 21 heavy (non-hydrogen) atoms. The van der Waals surface area contributed by atoms with Gasteiger partial charge in [-0.1, -0.05) is 36.0 Å². The Hall–Kier alpha value is -0.330. The van der Waals surface area contributed by atoms with Crippen molar-refractivity contribution in [3.63, 3.8) is 0 Å². The molecule has 1 aromatic rings. The van der Waals surface area contributed by atoms with E-state index in [1.165, 1.54) is 10.4 Å². The van der Waals surface area contributed by atoms with Gasteiger partial charge in [0.2, 0.25) is 10.0 Å². The lowest BCUT2D eigenvalue weighted by atomic mass is 10.1. The van der Waals surface area contributed by atoms with E-state index in [9.17, 15) is 8.42 Å². The highest BCUT2D eigenvalue weighted by atomic mass is 35.5. The molecule has 0 aliphatic carbocycles. The molecular weight excluding hydrogens is 331 g/mol. The van der Waals surface area contributed by atoms with E-state index in [1.807, 2.05) is 6.92 Å². The third kappa shape index (κ3) is 3.54. The Labute approximate surface area is 136 Å². The first-order valence-corrected chi connectivity index (χ1v) is 9.27. The summed E-state index contributed by atoms with van der Waals surface area (Å²) in [5, 5.41) is 0.513. The summed E-state index contributed by atoms with van der Waals surface area (Å²) >= 11 is 12.2. The molecule has 2 N–H and O–H groups in total. The van der Waals surface area contributed by atoms with Crippen LogP contribution in [0.25, 0.3) is 0 Å². The second-order valence-electron chi connectivity index (χ2n) is 5.40. The number of benzene rings is 1. The first-order valence-electron chi connectivity index (χ1n) is 7.07. The second-order valence-corrected chi connectivity index (χ2v) is 8.07. The molecule has 1 atom stereocenters. The number of nitrogens with zero attached hydrogens (tertiary/aromatic N) is 1. The van der Waals surface area contributed by atoms with E-state index in [4.69, 9.17) is 28.9 Å². The van der Waals surface area contributed by atoms with Crippen LogP contribution in [0, 0.1) is 0 Å². The molecule has 2 rings (SSSR count). The minimum absolute atomic E-state index is 0.0334. The van der Waals surface area contributed by atoms with Crippen LogP contribution in [0.4, 0.5) is 0 Å². The van der Waals surface area contributed by atoms with Crippen LogP contribution < -0.4 is 5.73 Å². The largest absolute Gasteiger partial charge is 0.326 e. The Morgan fingerprint density at radius 3 is 2.67 bits per heavy atom. The van der Waals surface area contributed by atoms with Gasteiger partial charge >= 0.3 is 0 Å². The highest BCUT2D eigenvalue weighted by Crippen LogP contribution is 2.33. The molecule has 1 fully saturated rings. The smallest absolute Gasteiger partial charge is 0.244 e. The van der Waals surface area contributed by atoms with Crippen molar-refractivity contribution >= 4 is 33.2 Å². The van der Waals surface area contributed by atoms with Crippen molar-refractivity contribution in [1.29, 1.82) is 0 Å². The Morgan fingerprint density at radius 1 is 1.29 bits per heavy atom. The summed E-state index contributed by atoms with van der Waals surface area (Å²) in [5.41, 5.74) is 6.16. The van der Waals surface area contributed by atoms with Gasteiger partial charge in [0.05, 0.1) is 5.02 Å².